The van der Waals surface area contributed by atoms with Gasteiger partial charge < -0.3 is 10.4 Å². The minimum atomic E-state index is 0.452. The van der Waals surface area contributed by atoms with Gasteiger partial charge >= 0.3 is 0 Å². The fraction of sp³-hybridized carbons (Fsp3) is 0.625. The van der Waals surface area contributed by atoms with Crippen molar-refractivity contribution >= 4 is 11.8 Å². The summed E-state index contributed by atoms with van der Waals surface area (Å²) in [6.07, 6.45) is 9.60. The van der Waals surface area contributed by atoms with E-state index < -0.39 is 0 Å². The highest BCUT2D eigenvalue weighted by Crippen LogP contribution is 2.36. The molecule has 0 spiro atoms. The van der Waals surface area contributed by atoms with Gasteiger partial charge in [0.25, 0.3) is 0 Å². The number of rotatable bonds is 8. The molecule has 0 radical (unpaired) electrons. The Bertz CT molecular complexity index is 394. The van der Waals surface area contributed by atoms with E-state index in [1.165, 1.54) is 37.0 Å². The van der Waals surface area contributed by atoms with Crippen LogP contribution in [0.15, 0.2) is 18.2 Å². The first-order chi connectivity index (χ1) is 9.33. The van der Waals surface area contributed by atoms with Gasteiger partial charge in [0.1, 0.15) is 5.75 Å². The molecule has 1 aliphatic carbocycles. The quantitative estimate of drug-likeness (QED) is 0.708. The highest BCUT2D eigenvalue weighted by molar-refractivity contribution is 7.98. The first kappa shape index (κ1) is 14.7. The molecule has 0 saturated carbocycles. The summed E-state index contributed by atoms with van der Waals surface area (Å²) >= 11 is 1.94. The van der Waals surface area contributed by atoms with Crippen molar-refractivity contribution in [1.82, 2.24) is 5.32 Å². The zero-order valence-electron chi connectivity index (χ0n) is 11.8. The molecule has 1 aromatic carbocycles. The minimum Gasteiger partial charge on any atom is -0.508 e. The number of nitrogens with one attached hydrogen (secondary N) is 1. The molecule has 0 amide bonds. The first-order valence-corrected chi connectivity index (χ1v) is 8.75. The van der Waals surface area contributed by atoms with E-state index in [0.29, 0.717) is 11.8 Å². The van der Waals surface area contributed by atoms with Crippen molar-refractivity contribution in [3.8, 4) is 5.75 Å². The number of hydrogen-bond acceptors (Lipinski definition) is 3. The zero-order valence-corrected chi connectivity index (χ0v) is 12.6. The van der Waals surface area contributed by atoms with Gasteiger partial charge in [-0.05, 0) is 61.4 Å². The lowest BCUT2D eigenvalue weighted by Crippen LogP contribution is -2.20. The van der Waals surface area contributed by atoms with E-state index in [0.717, 1.165) is 24.9 Å². The Morgan fingerprint density at radius 2 is 2.11 bits per heavy atom. The SMILES string of the molecule is CSCCCCCCNC1CCc2c(O)cccc21. The standard InChI is InChI=1S/C16H25NOS/c1-19-12-5-3-2-4-11-17-15-10-9-14-13(15)7-6-8-16(14)18/h6-8,15,17-18H,2-5,9-12H2,1H3. The van der Waals surface area contributed by atoms with E-state index in [2.05, 4.69) is 17.6 Å². The Labute approximate surface area is 121 Å². The maximum absolute atomic E-state index is 9.81. The van der Waals surface area contributed by atoms with Crippen LogP contribution in [-0.2, 0) is 6.42 Å². The number of phenolic OH excluding ortho intramolecular Hbond substituents is 1. The lowest BCUT2D eigenvalue weighted by atomic mass is 10.1. The largest absolute Gasteiger partial charge is 0.508 e. The summed E-state index contributed by atoms with van der Waals surface area (Å²) in [6, 6.07) is 6.36. The first-order valence-electron chi connectivity index (χ1n) is 7.36. The van der Waals surface area contributed by atoms with Crippen LogP contribution in [-0.4, -0.2) is 23.7 Å². The third kappa shape index (κ3) is 4.15. The molecular formula is C16H25NOS. The highest BCUT2D eigenvalue weighted by atomic mass is 32.2. The molecule has 1 aromatic rings. The van der Waals surface area contributed by atoms with Crippen LogP contribution < -0.4 is 5.32 Å². The van der Waals surface area contributed by atoms with Crippen molar-refractivity contribution in [3.05, 3.63) is 29.3 Å². The number of hydrogen-bond donors (Lipinski definition) is 2. The molecule has 0 bridgehead atoms. The predicted molar refractivity (Wildman–Crippen MR) is 84.0 cm³/mol. The van der Waals surface area contributed by atoms with Crippen LogP contribution >= 0.6 is 11.8 Å². The lowest BCUT2D eigenvalue weighted by molar-refractivity contribution is 0.469. The van der Waals surface area contributed by atoms with Crippen LogP contribution in [0.1, 0.15) is 49.3 Å². The number of thioether (sulfide) groups is 1. The van der Waals surface area contributed by atoms with Crippen LogP contribution in [0.4, 0.5) is 0 Å². The van der Waals surface area contributed by atoms with Crippen molar-refractivity contribution < 1.29 is 5.11 Å². The molecule has 0 aliphatic heterocycles. The summed E-state index contributed by atoms with van der Waals surface area (Å²) in [6.45, 7) is 1.10. The monoisotopic (exact) mass is 279 g/mol. The van der Waals surface area contributed by atoms with Crippen LogP contribution in [0.3, 0.4) is 0 Å². The van der Waals surface area contributed by atoms with Gasteiger partial charge in [-0.3, -0.25) is 0 Å². The van der Waals surface area contributed by atoms with Crippen LogP contribution in [0.2, 0.25) is 0 Å². The summed E-state index contributed by atoms with van der Waals surface area (Å²) in [5.74, 6) is 1.77. The normalized spacial score (nSPS) is 17.6. The second-order valence-electron chi connectivity index (χ2n) is 5.30. The number of fused-ring (bicyclic) bond motifs is 1. The summed E-state index contributed by atoms with van der Waals surface area (Å²) in [4.78, 5) is 0. The van der Waals surface area contributed by atoms with E-state index in [-0.39, 0.29) is 0 Å². The highest BCUT2D eigenvalue weighted by Gasteiger charge is 2.23. The summed E-state index contributed by atoms with van der Waals surface area (Å²) in [7, 11) is 0. The maximum Gasteiger partial charge on any atom is 0.119 e. The van der Waals surface area contributed by atoms with Gasteiger partial charge in [-0.15, -0.1) is 0 Å². The summed E-state index contributed by atoms with van der Waals surface area (Å²) < 4.78 is 0. The second-order valence-corrected chi connectivity index (χ2v) is 6.28. The molecule has 2 nitrogen and oxygen atoms in total. The van der Waals surface area contributed by atoms with Crippen molar-refractivity contribution in [3.63, 3.8) is 0 Å². The Balaban J connectivity index is 1.67. The van der Waals surface area contributed by atoms with E-state index >= 15 is 0 Å². The fourth-order valence-electron chi connectivity index (χ4n) is 2.85. The molecule has 106 valence electrons. The Kier molecular flexibility index (Phi) is 6.05. The molecule has 2 N–H and O–H groups in total. The second kappa shape index (κ2) is 7.81. The van der Waals surface area contributed by atoms with Crippen molar-refractivity contribution in [1.29, 1.82) is 0 Å². The van der Waals surface area contributed by atoms with E-state index in [9.17, 15) is 5.11 Å². The fourth-order valence-corrected chi connectivity index (χ4v) is 3.34. The van der Waals surface area contributed by atoms with Crippen LogP contribution in [0, 0.1) is 0 Å². The molecule has 1 aliphatic rings. The average Bonchev–Trinajstić information content (AvgIpc) is 2.83. The smallest absolute Gasteiger partial charge is 0.119 e. The number of aromatic hydroxyl groups is 1. The Morgan fingerprint density at radius 1 is 1.26 bits per heavy atom. The van der Waals surface area contributed by atoms with Gasteiger partial charge in [-0.25, -0.2) is 0 Å². The number of benzene rings is 1. The topological polar surface area (TPSA) is 32.3 Å². The minimum absolute atomic E-state index is 0.452. The van der Waals surface area contributed by atoms with Gasteiger partial charge in [0.15, 0.2) is 0 Å². The van der Waals surface area contributed by atoms with Gasteiger partial charge in [-0.2, -0.15) is 11.8 Å². The molecule has 0 fully saturated rings. The average molecular weight is 279 g/mol. The van der Waals surface area contributed by atoms with E-state index in [1.807, 2.05) is 17.8 Å². The molecule has 0 aromatic heterocycles. The predicted octanol–water partition coefficient (Wildman–Crippen LogP) is 3.89. The van der Waals surface area contributed by atoms with Crippen molar-refractivity contribution in [2.24, 2.45) is 0 Å². The molecule has 3 heteroatoms. The van der Waals surface area contributed by atoms with E-state index in [4.69, 9.17) is 0 Å². The third-order valence-electron chi connectivity index (χ3n) is 3.91. The van der Waals surface area contributed by atoms with Crippen LogP contribution in [0.25, 0.3) is 0 Å². The molecule has 19 heavy (non-hydrogen) atoms. The van der Waals surface area contributed by atoms with Crippen molar-refractivity contribution in [2.45, 2.75) is 44.6 Å². The zero-order chi connectivity index (χ0) is 13.5. The molecule has 0 saturated heterocycles. The van der Waals surface area contributed by atoms with Gasteiger partial charge in [0, 0.05) is 6.04 Å². The summed E-state index contributed by atoms with van der Waals surface area (Å²) in [5, 5.41) is 13.5. The third-order valence-corrected chi connectivity index (χ3v) is 4.61. The molecule has 1 unspecified atom stereocenters. The Morgan fingerprint density at radius 3 is 2.95 bits per heavy atom. The van der Waals surface area contributed by atoms with Crippen LogP contribution in [0.5, 0.6) is 5.75 Å². The molecular weight excluding hydrogens is 254 g/mol. The molecule has 1 atom stereocenters. The summed E-state index contributed by atoms with van der Waals surface area (Å²) in [5.41, 5.74) is 2.46. The van der Waals surface area contributed by atoms with Gasteiger partial charge in [-0.1, -0.05) is 25.0 Å². The van der Waals surface area contributed by atoms with Gasteiger partial charge in [0.2, 0.25) is 0 Å². The maximum atomic E-state index is 9.81. The molecule has 0 heterocycles. The lowest BCUT2D eigenvalue weighted by Gasteiger charge is -2.14. The number of unbranched alkanes of at least 4 members (excludes halogenated alkanes) is 3. The van der Waals surface area contributed by atoms with Gasteiger partial charge in [0.05, 0.1) is 0 Å². The van der Waals surface area contributed by atoms with Crippen molar-refractivity contribution in [2.75, 3.05) is 18.6 Å². The Hall–Kier alpha value is -0.670. The van der Waals surface area contributed by atoms with E-state index in [1.54, 1.807) is 6.07 Å². The number of phenols is 1. The molecule has 2 rings (SSSR count).